The van der Waals surface area contributed by atoms with Crippen LogP contribution in [0.15, 0.2) is 96.6 Å². The summed E-state index contributed by atoms with van der Waals surface area (Å²) in [4.78, 5) is 13.2. The molecular weight excluding hydrogens is 528 g/mol. The number of hydrogen-bond acceptors (Lipinski definition) is 2. The Balaban J connectivity index is 0.000000322. The molecule has 0 aliphatic heterocycles. The molecule has 0 saturated heterocycles. The van der Waals surface area contributed by atoms with Crippen LogP contribution in [0.4, 0.5) is 0 Å². The summed E-state index contributed by atoms with van der Waals surface area (Å²) < 4.78 is 0. The number of fused-ring (bicyclic) bond motifs is 2. The molecule has 4 nitrogen and oxygen atoms in total. The van der Waals surface area contributed by atoms with Crippen LogP contribution in [0.5, 0.6) is 0 Å². The molecule has 41 heavy (non-hydrogen) atoms. The SMILES string of the molecule is CCC=C(C)C(=O)[O-].CC[NH+](CC)Cc1cccc2ccccc12.CC[NH+](CC)Cc1cccc2ccccc12.[Cl-]. The number of carbonyl (C=O) groups is 1. The molecule has 4 rings (SSSR count). The molecule has 0 spiro atoms. The van der Waals surface area contributed by atoms with Crippen molar-refractivity contribution < 1.29 is 32.1 Å². The number of rotatable bonds is 10. The number of benzene rings is 4. The molecule has 222 valence electrons. The second kappa shape index (κ2) is 19.8. The minimum absolute atomic E-state index is 0. The van der Waals surface area contributed by atoms with Gasteiger partial charge in [0.1, 0.15) is 13.1 Å². The molecule has 0 bridgehead atoms. The van der Waals surface area contributed by atoms with E-state index in [-0.39, 0.29) is 12.4 Å². The van der Waals surface area contributed by atoms with Crippen LogP contribution in [0.3, 0.4) is 0 Å². The minimum atomic E-state index is -1.08. The maximum Gasteiger partial charge on any atom is 0.103 e. The summed E-state index contributed by atoms with van der Waals surface area (Å²) in [5, 5.41) is 15.4. The number of carboxylic acid groups (broad SMARTS) is 1. The highest BCUT2D eigenvalue weighted by molar-refractivity contribution is 5.86. The zero-order chi connectivity index (χ0) is 29.3. The molecule has 0 amide bonds. The average Bonchev–Trinajstić information content (AvgIpc) is 2.99. The topological polar surface area (TPSA) is 49.0 Å². The zero-order valence-electron chi connectivity index (χ0n) is 25.8. The van der Waals surface area contributed by atoms with E-state index in [9.17, 15) is 9.90 Å². The molecule has 0 radical (unpaired) electrons. The van der Waals surface area contributed by atoms with Crippen molar-refractivity contribution >= 4 is 27.5 Å². The van der Waals surface area contributed by atoms with Gasteiger partial charge in [0.2, 0.25) is 0 Å². The molecular formula is C36H49ClN2O2. The Morgan fingerprint density at radius 2 is 1.00 bits per heavy atom. The number of aliphatic carboxylic acids is 1. The van der Waals surface area contributed by atoms with Crippen LogP contribution in [0.1, 0.15) is 59.1 Å². The van der Waals surface area contributed by atoms with E-state index in [2.05, 4.69) is 113 Å². The third kappa shape index (κ3) is 11.7. The molecule has 0 unspecified atom stereocenters. The second-order valence-corrected chi connectivity index (χ2v) is 10.1. The lowest BCUT2D eigenvalue weighted by molar-refractivity contribution is -0.910. The van der Waals surface area contributed by atoms with Gasteiger partial charge in [-0.1, -0.05) is 97.9 Å². The van der Waals surface area contributed by atoms with E-state index in [0.29, 0.717) is 5.57 Å². The number of allylic oxidation sites excluding steroid dienone is 1. The second-order valence-electron chi connectivity index (χ2n) is 10.1. The minimum Gasteiger partial charge on any atom is -1.00 e. The van der Waals surface area contributed by atoms with Crippen LogP contribution < -0.4 is 27.3 Å². The van der Waals surface area contributed by atoms with Crippen molar-refractivity contribution in [2.75, 3.05) is 26.2 Å². The van der Waals surface area contributed by atoms with Gasteiger partial charge in [-0.15, -0.1) is 0 Å². The molecule has 0 atom stereocenters. The Bertz CT molecular complexity index is 1240. The Hall–Kier alpha value is -3.18. The van der Waals surface area contributed by atoms with Gasteiger partial charge in [0.25, 0.3) is 0 Å². The summed E-state index contributed by atoms with van der Waals surface area (Å²) in [6.45, 7) is 19.5. The molecule has 2 N–H and O–H groups in total. The van der Waals surface area contributed by atoms with Crippen LogP contribution in [0.2, 0.25) is 0 Å². The fourth-order valence-electron chi connectivity index (χ4n) is 4.82. The first-order chi connectivity index (χ1) is 19.4. The summed E-state index contributed by atoms with van der Waals surface area (Å²) in [6, 6.07) is 30.5. The summed E-state index contributed by atoms with van der Waals surface area (Å²) >= 11 is 0. The van der Waals surface area contributed by atoms with E-state index in [1.54, 1.807) is 15.9 Å². The fraction of sp³-hybridized carbons (Fsp3) is 0.361. The predicted molar refractivity (Wildman–Crippen MR) is 168 cm³/mol. The molecule has 0 aliphatic rings. The Morgan fingerprint density at radius 3 is 1.32 bits per heavy atom. The number of carbonyl (C=O) groups excluding carboxylic acids is 1. The molecule has 0 saturated carbocycles. The fourth-order valence-corrected chi connectivity index (χ4v) is 4.82. The van der Waals surface area contributed by atoms with Crippen LogP contribution >= 0.6 is 0 Å². The van der Waals surface area contributed by atoms with E-state index in [1.807, 2.05) is 6.92 Å². The summed E-state index contributed by atoms with van der Waals surface area (Å²) in [5.41, 5.74) is 3.25. The maximum atomic E-state index is 9.91. The van der Waals surface area contributed by atoms with Crippen LogP contribution in [0, 0.1) is 0 Å². The first kappa shape index (κ1) is 35.8. The maximum absolute atomic E-state index is 9.91. The van der Waals surface area contributed by atoms with Crippen molar-refractivity contribution in [3.05, 3.63) is 108 Å². The van der Waals surface area contributed by atoms with E-state index >= 15 is 0 Å². The molecule has 4 aromatic rings. The van der Waals surface area contributed by atoms with Gasteiger partial charge in [-0.3, -0.25) is 0 Å². The van der Waals surface area contributed by atoms with E-state index in [4.69, 9.17) is 0 Å². The first-order valence-corrected chi connectivity index (χ1v) is 14.9. The molecule has 5 heteroatoms. The van der Waals surface area contributed by atoms with Gasteiger partial charge in [-0.05, 0) is 68.2 Å². The highest BCUT2D eigenvalue weighted by atomic mass is 35.5. The van der Waals surface area contributed by atoms with E-state index < -0.39 is 5.97 Å². The Kier molecular flexibility index (Phi) is 17.3. The third-order valence-corrected chi connectivity index (χ3v) is 7.47. The van der Waals surface area contributed by atoms with Gasteiger partial charge >= 0.3 is 0 Å². The molecule has 0 fully saturated rings. The summed E-state index contributed by atoms with van der Waals surface area (Å²) in [7, 11) is 0. The largest absolute Gasteiger partial charge is 1.00 e. The molecule has 0 aliphatic carbocycles. The molecule has 0 heterocycles. The van der Waals surface area contributed by atoms with E-state index in [0.717, 1.165) is 19.5 Å². The number of halogens is 1. The average molecular weight is 577 g/mol. The zero-order valence-corrected chi connectivity index (χ0v) is 26.6. The third-order valence-electron chi connectivity index (χ3n) is 7.47. The van der Waals surface area contributed by atoms with Crippen molar-refractivity contribution in [3.8, 4) is 0 Å². The van der Waals surface area contributed by atoms with Gasteiger partial charge in [0.05, 0.1) is 32.1 Å². The van der Waals surface area contributed by atoms with Crippen LogP contribution in [-0.4, -0.2) is 32.1 Å². The van der Waals surface area contributed by atoms with Crippen molar-refractivity contribution in [2.45, 2.75) is 61.1 Å². The van der Waals surface area contributed by atoms with Crippen LogP contribution in [-0.2, 0) is 17.9 Å². The quantitative estimate of drug-likeness (QED) is 0.282. The van der Waals surface area contributed by atoms with Gasteiger partial charge in [0.15, 0.2) is 0 Å². The highest BCUT2D eigenvalue weighted by Gasteiger charge is 2.08. The summed E-state index contributed by atoms with van der Waals surface area (Å²) in [6.07, 6.45) is 2.37. The predicted octanol–water partition coefficient (Wildman–Crippen LogP) is 1.63. The number of hydrogen-bond donors (Lipinski definition) is 2. The number of carboxylic acids is 1. The number of quaternary nitrogens is 2. The van der Waals surface area contributed by atoms with Gasteiger partial charge in [0, 0.05) is 11.1 Å². The lowest BCUT2D eigenvalue weighted by atomic mass is 10.0. The lowest BCUT2D eigenvalue weighted by Crippen LogP contribution is -3.10. The molecule has 0 aromatic heterocycles. The van der Waals surface area contributed by atoms with Crippen LogP contribution in [0.25, 0.3) is 21.5 Å². The first-order valence-electron chi connectivity index (χ1n) is 14.9. The van der Waals surface area contributed by atoms with Gasteiger partial charge in [-0.25, -0.2) is 0 Å². The smallest absolute Gasteiger partial charge is 0.103 e. The highest BCUT2D eigenvalue weighted by Crippen LogP contribution is 2.18. The van der Waals surface area contributed by atoms with Crippen molar-refractivity contribution in [1.82, 2.24) is 0 Å². The molecule has 4 aromatic carbocycles. The Labute approximate surface area is 254 Å². The lowest BCUT2D eigenvalue weighted by Gasteiger charge is -2.16. The van der Waals surface area contributed by atoms with Crippen molar-refractivity contribution in [2.24, 2.45) is 0 Å². The normalized spacial score (nSPS) is 11.0. The summed E-state index contributed by atoms with van der Waals surface area (Å²) in [5.74, 6) is -1.08. The Morgan fingerprint density at radius 1 is 0.634 bits per heavy atom. The van der Waals surface area contributed by atoms with Crippen molar-refractivity contribution in [1.29, 1.82) is 0 Å². The standard InChI is InChI=1S/2C15H19N.C6H10O2.ClH/c2*1-3-16(4-2)12-14-10-7-9-13-8-5-6-11-15(13)14;1-3-4-5(2)6(7)8;/h2*5-11H,3-4,12H2,1-2H3;4H,3H2,1-2H3,(H,7,8);1H. The van der Waals surface area contributed by atoms with Crippen molar-refractivity contribution in [3.63, 3.8) is 0 Å². The van der Waals surface area contributed by atoms with Gasteiger partial charge in [-0.2, -0.15) is 0 Å². The number of nitrogens with one attached hydrogen (secondary N) is 2. The van der Waals surface area contributed by atoms with Gasteiger partial charge < -0.3 is 32.1 Å². The van der Waals surface area contributed by atoms with E-state index in [1.165, 1.54) is 65.8 Å². The monoisotopic (exact) mass is 576 g/mol.